The molecule has 1 saturated heterocycles. The number of nitrogens with zero attached hydrogens (tertiary/aromatic N) is 1. The molecule has 0 aromatic carbocycles. The Labute approximate surface area is 86.5 Å². The lowest BCUT2D eigenvalue weighted by molar-refractivity contribution is 0.341. The van der Waals surface area contributed by atoms with Gasteiger partial charge in [0.05, 0.1) is 5.75 Å². The molecule has 2 rings (SSSR count). The maximum Gasteiger partial charge on any atom is 0.214 e. The van der Waals surface area contributed by atoms with Crippen LogP contribution in [0.2, 0.25) is 0 Å². The fraction of sp³-hybridized carbons (Fsp3) is 1.00. The van der Waals surface area contributed by atoms with Crippen molar-refractivity contribution in [1.29, 1.82) is 0 Å². The Bertz CT molecular complexity index is 306. The minimum absolute atomic E-state index is 0.346. The Hall–Kier alpha value is -0.0900. The van der Waals surface area contributed by atoms with Gasteiger partial charge < -0.3 is 0 Å². The van der Waals surface area contributed by atoms with Crippen molar-refractivity contribution in [3.8, 4) is 0 Å². The van der Waals surface area contributed by atoms with E-state index in [0.717, 1.165) is 13.1 Å². The summed E-state index contributed by atoms with van der Waals surface area (Å²) in [6.07, 6.45) is 2.44. The lowest BCUT2D eigenvalue weighted by Crippen LogP contribution is -2.28. The molecular weight excluding hydrogens is 198 g/mol. The van der Waals surface area contributed by atoms with Crippen molar-refractivity contribution >= 4 is 10.0 Å². The van der Waals surface area contributed by atoms with Crippen LogP contribution in [0.5, 0.6) is 0 Å². The normalized spacial score (nSPS) is 32.6. The maximum atomic E-state index is 11.8. The zero-order valence-corrected chi connectivity index (χ0v) is 9.76. The molecule has 0 aromatic rings. The van der Waals surface area contributed by atoms with Gasteiger partial charge in [-0.1, -0.05) is 13.8 Å². The number of hydrogen-bond donors (Lipinski definition) is 0. The van der Waals surface area contributed by atoms with Crippen LogP contribution in [0, 0.1) is 17.8 Å². The molecule has 2 fully saturated rings. The van der Waals surface area contributed by atoms with Crippen molar-refractivity contribution in [2.45, 2.75) is 26.7 Å². The fourth-order valence-corrected chi connectivity index (χ4v) is 4.08. The lowest BCUT2D eigenvalue weighted by Gasteiger charge is -2.15. The van der Waals surface area contributed by atoms with E-state index in [9.17, 15) is 8.42 Å². The second-order valence-corrected chi connectivity index (χ2v) is 7.06. The Morgan fingerprint density at radius 1 is 1.36 bits per heavy atom. The molecule has 0 spiro atoms. The van der Waals surface area contributed by atoms with Gasteiger partial charge in [-0.2, -0.15) is 0 Å². The van der Waals surface area contributed by atoms with E-state index >= 15 is 0 Å². The molecule has 82 valence electrons. The van der Waals surface area contributed by atoms with Crippen molar-refractivity contribution < 1.29 is 8.42 Å². The highest BCUT2D eigenvalue weighted by Gasteiger charge is 2.39. The van der Waals surface area contributed by atoms with Crippen LogP contribution in [-0.4, -0.2) is 31.6 Å². The van der Waals surface area contributed by atoms with Crippen LogP contribution in [0.1, 0.15) is 26.7 Å². The molecule has 4 heteroatoms. The Morgan fingerprint density at radius 2 is 2.00 bits per heavy atom. The number of hydrogen-bond acceptors (Lipinski definition) is 2. The van der Waals surface area contributed by atoms with Crippen LogP contribution < -0.4 is 0 Å². The molecule has 1 aliphatic carbocycles. The number of sulfonamides is 1. The van der Waals surface area contributed by atoms with Crippen LogP contribution in [0.25, 0.3) is 0 Å². The summed E-state index contributed by atoms with van der Waals surface area (Å²) in [5.41, 5.74) is 0. The first-order valence-corrected chi connectivity index (χ1v) is 7.08. The summed E-state index contributed by atoms with van der Waals surface area (Å²) in [7, 11) is -2.90. The van der Waals surface area contributed by atoms with E-state index in [1.807, 2.05) is 0 Å². The van der Waals surface area contributed by atoms with E-state index in [1.165, 1.54) is 12.8 Å². The average Bonchev–Trinajstić information content (AvgIpc) is 2.79. The van der Waals surface area contributed by atoms with Gasteiger partial charge in [-0.3, -0.25) is 0 Å². The van der Waals surface area contributed by atoms with E-state index in [1.54, 1.807) is 4.31 Å². The standard InChI is InChI=1S/C10H19NO2S/c1-8(2)10-6-11(5-9-3-4-9)14(12,13)7-10/h8-10H,3-7H2,1-2H3/t10-/m0/s1. The zero-order valence-electron chi connectivity index (χ0n) is 8.94. The van der Waals surface area contributed by atoms with Crippen molar-refractivity contribution in [1.82, 2.24) is 4.31 Å². The first-order valence-electron chi connectivity index (χ1n) is 5.47. The maximum absolute atomic E-state index is 11.8. The second-order valence-electron chi connectivity index (χ2n) is 5.04. The van der Waals surface area contributed by atoms with Crippen molar-refractivity contribution in [2.75, 3.05) is 18.8 Å². The summed E-state index contributed by atoms with van der Waals surface area (Å²) in [6, 6.07) is 0. The average molecular weight is 217 g/mol. The van der Waals surface area contributed by atoms with Crippen molar-refractivity contribution in [2.24, 2.45) is 17.8 Å². The summed E-state index contributed by atoms with van der Waals surface area (Å²) in [5.74, 6) is 1.86. The first-order chi connectivity index (χ1) is 6.49. The molecule has 1 atom stereocenters. The predicted molar refractivity (Wildman–Crippen MR) is 56.4 cm³/mol. The van der Waals surface area contributed by atoms with E-state index in [0.29, 0.717) is 23.5 Å². The largest absolute Gasteiger partial charge is 0.214 e. The van der Waals surface area contributed by atoms with Crippen LogP contribution in [0.15, 0.2) is 0 Å². The zero-order chi connectivity index (χ0) is 10.3. The third-order valence-corrected chi connectivity index (χ3v) is 5.29. The van der Waals surface area contributed by atoms with Gasteiger partial charge in [0.25, 0.3) is 0 Å². The molecule has 3 nitrogen and oxygen atoms in total. The smallest absolute Gasteiger partial charge is 0.212 e. The highest BCUT2D eigenvalue weighted by atomic mass is 32.2. The molecule has 0 unspecified atom stereocenters. The minimum Gasteiger partial charge on any atom is -0.212 e. The molecule has 0 N–H and O–H groups in total. The van der Waals surface area contributed by atoms with Gasteiger partial charge in [0.2, 0.25) is 10.0 Å². The molecule has 0 aromatic heterocycles. The Morgan fingerprint density at radius 3 is 2.43 bits per heavy atom. The summed E-state index contributed by atoms with van der Waals surface area (Å²) in [5, 5.41) is 0. The van der Waals surface area contributed by atoms with Gasteiger partial charge in [-0.25, -0.2) is 12.7 Å². The predicted octanol–water partition coefficient (Wildman–Crippen LogP) is 1.31. The van der Waals surface area contributed by atoms with Gasteiger partial charge in [0.1, 0.15) is 0 Å². The van der Waals surface area contributed by atoms with Gasteiger partial charge in [0, 0.05) is 13.1 Å². The lowest BCUT2D eigenvalue weighted by atomic mass is 9.98. The quantitative estimate of drug-likeness (QED) is 0.715. The summed E-state index contributed by atoms with van der Waals surface area (Å²) in [6.45, 7) is 5.77. The summed E-state index contributed by atoms with van der Waals surface area (Å²) < 4.78 is 25.2. The summed E-state index contributed by atoms with van der Waals surface area (Å²) >= 11 is 0. The van der Waals surface area contributed by atoms with Crippen molar-refractivity contribution in [3.63, 3.8) is 0 Å². The summed E-state index contributed by atoms with van der Waals surface area (Å²) in [4.78, 5) is 0. The molecule has 2 aliphatic rings. The van der Waals surface area contributed by atoms with Crippen molar-refractivity contribution in [3.05, 3.63) is 0 Å². The van der Waals surface area contributed by atoms with Gasteiger partial charge in [0.15, 0.2) is 0 Å². The number of rotatable bonds is 3. The topological polar surface area (TPSA) is 37.4 Å². The molecule has 0 radical (unpaired) electrons. The molecule has 14 heavy (non-hydrogen) atoms. The molecule has 1 heterocycles. The van der Waals surface area contributed by atoms with E-state index < -0.39 is 10.0 Å². The van der Waals surface area contributed by atoms with E-state index in [-0.39, 0.29) is 0 Å². The Balaban J connectivity index is 2.02. The SMILES string of the molecule is CC(C)[C@H]1CN(CC2CC2)S(=O)(=O)C1. The van der Waals surface area contributed by atoms with Crippen LogP contribution in [-0.2, 0) is 10.0 Å². The fourth-order valence-electron chi connectivity index (χ4n) is 1.98. The molecule has 0 bridgehead atoms. The van der Waals surface area contributed by atoms with Crippen LogP contribution >= 0.6 is 0 Å². The third kappa shape index (κ3) is 2.11. The highest BCUT2D eigenvalue weighted by molar-refractivity contribution is 7.89. The molecule has 1 aliphatic heterocycles. The molecule has 1 saturated carbocycles. The van der Waals surface area contributed by atoms with Crippen LogP contribution in [0.4, 0.5) is 0 Å². The molecular formula is C10H19NO2S. The molecule has 0 amide bonds. The minimum atomic E-state index is -2.90. The first kappa shape index (κ1) is 10.4. The van der Waals surface area contributed by atoms with Gasteiger partial charge in [-0.15, -0.1) is 0 Å². The van der Waals surface area contributed by atoms with Gasteiger partial charge >= 0.3 is 0 Å². The third-order valence-electron chi connectivity index (χ3n) is 3.36. The highest BCUT2D eigenvalue weighted by Crippen LogP contribution is 2.34. The van der Waals surface area contributed by atoms with Gasteiger partial charge in [-0.05, 0) is 30.6 Å². The van der Waals surface area contributed by atoms with E-state index in [4.69, 9.17) is 0 Å². The van der Waals surface area contributed by atoms with E-state index in [2.05, 4.69) is 13.8 Å². The van der Waals surface area contributed by atoms with Crippen LogP contribution in [0.3, 0.4) is 0 Å². The Kier molecular flexibility index (Phi) is 2.60. The second kappa shape index (κ2) is 3.49. The monoisotopic (exact) mass is 217 g/mol.